The van der Waals surface area contributed by atoms with Crippen molar-refractivity contribution in [3.05, 3.63) is 28.3 Å². The first-order valence-corrected chi connectivity index (χ1v) is 5.18. The number of nitrogen functional groups attached to an aromatic ring is 1. The standard InChI is InChI=1S/C11H12ClN3O/c1-5-3-7(12)6(2)10(11(5)16)8-4-9(13)15-14-8/h3-4,16H,1-2H3,(H3,13,14,15). The lowest BCUT2D eigenvalue weighted by atomic mass is 10.0. The molecule has 0 aliphatic carbocycles. The number of rotatable bonds is 1. The summed E-state index contributed by atoms with van der Waals surface area (Å²) in [5.74, 6) is 0.581. The van der Waals surface area contributed by atoms with E-state index in [1.807, 2.05) is 6.92 Å². The number of aromatic hydroxyl groups is 1. The van der Waals surface area contributed by atoms with Gasteiger partial charge in [0.1, 0.15) is 11.6 Å². The van der Waals surface area contributed by atoms with Crippen LogP contribution in [0.2, 0.25) is 5.02 Å². The van der Waals surface area contributed by atoms with Gasteiger partial charge in [-0.2, -0.15) is 5.10 Å². The topological polar surface area (TPSA) is 74.9 Å². The normalized spacial score (nSPS) is 10.7. The predicted octanol–water partition coefficient (Wildman–Crippen LogP) is 2.63. The number of anilines is 1. The van der Waals surface area contributed by atoms with E-state index < -0.39 is 0 Å². The SMILES string of the molecule is Cc1cc(Cl)c(C)c(-c2cc(N)n[nH]2)c1O. The molecule has 0 unspecified atom stereocenters. The van der Waals surface area contributed by atoms with Crippen LogP contribution >= 0.6 is 11.6 Å². The lowest BCUT2D eigenvalue weighted by Crippen LogP contribution is -1.89. The first-order chi connectivity index (χ1) is 7.50. The number of aromatic nitrogens is 2. The molecule has 0 bridgehead atoms. The van der Waals surface area contributed by atoms with E-state index in [-0.39, 0.29) is 5.75 Å². The number of nitrogens with zero attached hydrogens (tertiary/aromatic N) is 1. The number of phenolic OH excluding ortho intramolecular Hbond substituents is 1. The fourth-order valence-electron chi connectivity index (χ4n) is 1.66. The van der Waals surface area contributed by atoms with Gasteiger partial charge in [-0.15, -0.1) is 0 Å². The summed E-state index contributed by atoms with van der Waals surface area (Å²) in [4.78, 5) is 0. The van der Waals surface area contributed by atoms with Crippen LogP contribution in [0.5, 0.6) is 5.75 Å². The molecule has 16 heavy (non-hydrogen) atoms. The van der Waals surface area contributed by atoms with Gasteiger partial charge in [-0.05, 0) is 31.0 Å². The Bertz CT molecular complexity index is 522. The van der Waals surface area contributed by atoms with Crippen LogP contribution in [0.3, 0.4) is 0 Å². The maximum Gasteiger partial charge on any atom is 0.145 e. The molecule has 4 nitrogen and oxygen atoms in total. The molecule has 1 aromatic carbocycles. The monoisotopic (exact) mass is 237 g/mol. The summed E-state index contributed by atoms with van der Waals surface area (Å²) in [6.45, 7) is 3.64. The van der Waals surface area contributed by atoms with Crippen molar-refractivity contribution in [1.82, 2.24) is 10.2 Å². The van der Waals surface area contributed by atoms with E-state index in [0.29, 0.717) is 22.1 Å². The minimum atomic E-state index is 0.200. The van der Waals surface area contributed by atoms with E-state index in [2.05, 4.69) is 10.2 Å². The Morgan fingerprint density at radius 2 is 2.06 bits per heavy atom. The molecule has 0 spiro atoms. The number of halogens is 1. The molecule has 0 aliphatic heterocycles. The smallest absolute Gasteiger partial charge is 0.145 e. The Labute approximate surface area is 98.1 Å². The van der Waals surface area contributed by atoms with Crippen LogP contribution in [0.4, 0.5) is 5.82 Å². The van der Waals surface area contributed by atoms with Crippen molar-refractivity contribution in [2.75, 3.05) is 5.73 Å². The van der Waals surface area contributed by atoms with Crippen LogP contribution in [0.15, 0.2) is 12.1 Å². The van der Waals surface area contributed by atoms with Gasteiger partial charge in [-0.3, -0.25) is 5.10 Å². The molecular formula is C11H12ClN3O. The Balaban J connectivity index is 2.73. The van der Waals surface area contributed by atoms with Gasteiger partial charge in [0.2, 0.25) is 0 Å². The zero-order chi connectivity index (χ0) is 11.9. The number of aryl methyl sites for hydroxylation is 1. The molecule has 0 saturated heterocycles. The molecule has 0 atom stereocenters. The average molecular weight is 238 g/mol. The fraction of sp³-hybridized carbons (Fsp3) is 0.182. The number of phenols is 1. The highest BCUT2D eigenvalue weighted by Gasteiger charge is 2.15. The molecule has 2 rings (SSSR count). The average Bonchev–Trinajstić information content (AvgIpc) is 2.62. The number of benzene rings is 1. The number of nitrogens with two attached hydrogens (primary N) is 1. The van der Waals surface area contributed by atoms with Crippen molar-refractivity contribution in [1.29, 1.82) is 0 Å². The van der Waals surface area contributed by atoms with Gasteiger partial charge in [-0.1, -0.05) is 11.6 Å². The fourth-order valence-corrected chi connectivity index (χ4v) is 1.91. The second kappa shape index (κ2) is 3.72. The molecule has 1 aromatic heterocycles. The highest BCUT2D eigenvalue weighted by molar-refractivity contribution is 6.32. The Kier molecular flexibility index (Phi) is 2.52. The maximum absolute atomic E-state index is 10.0. The molecule has 0 radical (unpaired) electrons. The largest absolute Gasteiger partial charge is 0.507 e. The minimum absolute atomic E-state index is 0.200. The van der Waals surface area contributed by atoms with E-state index in [0.717, 1.165) is 11.1 Å². The second-order valence-electron chi connectivity index (χ2n) is 3.73. The number of H-pyrrole nitrogens is 1. The van der Waals surface area contributed by atoms with Gasteiger partial charge in [0, 0.05) is 16.7 Å². The number of hydrogen-bond donors (Lipinski definition) is 3. The van der Waals surface area contributed by atoms with E-state index in [1.165, 1.54) is 0 Å². The molecule has 0 fully saturated rings. The van der Waals surface area contributed by atoms with Crippen LogP contribution < -0.4 is 5.73 Å². The van der Waals surface area contributed by atoms with Gasteiger partial charge >= 0.3 is 0 Å². The maximum atomic E-state index is 10.0. The Hall–Kier alpha value is -1.68. The van der Waals surface area contributed by atoms with Crippen LogP contribution in [-0.4, -0.2) is 15.3 Å². The van der Waals surface area contributed by atoms with E-state index in [9.17, 15) is 5.11 Å². The predicted molar refractivity (Wildman–Crippen MR) is 64.6 cm³/mol. The summed E-state index contributed by atoms with van der Waals surface area (Å²) in [6.07, 6.45) is 0. The summed E-state index contributed by atoms with van der Waals surface area (Å²) in [6, 6.07) is 3.40. The molecule has 84 valence electrons. The van der Waals surface area contributed by atoms with Gasteiger partial charge in [0.05, 0.1) is 5.69 Å². The zero-order valence-electron chi connectivity index (χ0n) is 9.00. The van der Waals surface area contributed by atoms with Gasteiger partial charge < -0.3 is 10.8 Å². The molecule has 0 saturated carbocycles. The molecule has 2 aromatic rings. The van der Waals surface area contributed by atoms with Crippen LogP contribution in [0.1, 0.15) is 11.1 Å². The summed E-state index contributed by atoms with van der Waals surface area (Å²) in [5, 5.41) is 17.2. The molecule has 0 amide bonds. The molecule has 5 heteroatoms. The van der Waals surface area contributed by atoms with Crippen LogP contribution in [0, 0.1) is 13.8 Å². The first kappa shape index (κ1) is 10.8. The molecule has 4 N–H and O–H groups in total. The van der Waals surface area contributed by atoms with Crippen molar-refractivity contribution < 1.29 is 5.11 Å². The van der Waals surface area contributed by atoms with E-state index in [4.69, 9.17) is 17.3 Å². The van der Waals surface area contributed by atoms with Crippen molar-refractivity contribution in [2.45, 2.75) is 13.8 Å². The summed E-state index contributed by atoms with van der Waals surface area (Å²) in [5.41, 5.74) is 8.37. The third-order valence-electron chi connectivity index (χ3n) is 2.55. The molecular weight excluding hydrogens is 226 g/mol. The van der Waals surface area contributed by atoms with Gasteiger partial charge in [0.25, 0.3) is 0 Å². The van der Waals surface area contributed by atoms with Crippen LogP contribution in [-0.2, 0) is 0 Å². The summed E-state index contributed by atoms with van der Waals surface area (Å²) >= 11 is 6.07. The Morgan fingerprint density at radius 1 is 1.38 bits per heavy atom. The van der Waals surface area contributed by atoms with Gasteiger partial charge in [-0.25, -0.2) is 0 Å². The zero-order valence-corrected chi connectivity index (χ0v) is 9.76. The lowest BCUT2D eigenvalue weighted by Gasteiger charge is -2.10. The third-order valence-corrected chi connectivity index (χ3v) is 2.95. The van der Waals surface area contributed by atoms with Crippen molar-refractivity contribution in [3.63, 3.8) is 0 Å². The first-order valence-electron chi connectivity index (χ1n) is 4.80. The molecule has 1 heterocycles. The van der Waals surface area contributed by atoms with Crippen LogP contribution in [0.25, 0.3) is 11.3 Å². The van der Waals surface area contributed by atoms with Crippen molar-refractivity contribution in [3.8, 4) is 17.0 Å². The number of nitrogens with one attached hydrogen (secondary N) is 1. The van der Waals surface area contributed by atoms with Crippen molar-refractivity contribution >= 4 is 17.4 Å². The highest BCUT2D eigenvalue weighted by Crippen LogP contribution is 2.38. The highest BCUT2D eigenvalue weighted by atomic mass is 35.5. The molecule has 0 aliphatic rings. The van der Waals surface area contributed by atoms with E-state index >= 15 is 0 Å². The van der Waals surface area contributed by atoms with E-state index in [1.54, 1.807) is 19.1 Å². The minimum Gasteiger partial charge on any atom is -0.507 e. The quantitative estimate of drug-likeness (QED) is 0.714. The van der Waals surface area contributed by atoms with Crippen molar-refractivity contribution in [2.24, 2.45) is 0 Å². The second-order valence-corrected chi connectivity index (χ2v) is 4.14. The third kappa shape index (κ3) is 1.61. The Morgan fingerprint density at radius 3 is 2.62 bits per heavy atom. The van der Waals surface area contributed by atoms with Gasteiger partial charge in [0.15, 0.2) is 0 Å². The lowest BCUT2D eigenvalue weighted by molar-refractivity contribution is 0.472. The number of hydrogen-bond acceptors (Lipinski definition) is 3. The summed E-state index contributed by atoms with van der Waals surface area (Å²) in [7, 11) is 0. The number of aromatic amines is 1. The summed E-state index contributed by atoms with van der Waals surface area (Å²) < 4.78 is 0.